The Morgan fingerprint density at radius 1 is 1.50 bits per heavy atom. The summed E-state index contributed by atoms with van der Waals surface area (Å²) in [6, 6.07) is 4.00. The third-order valence-electron chi connectivity index (χ3n) is 2.64. The molecular formula is C14H22N4. The summed E-state index contributed by atoms with van der Waals surface area (Å²) < 4.78 is 0. The van der Waals surface area contributed by atoms with Crippen LogP contribution in [0.3, 0.4) is 0 Å². The third-order valence-corrected chi connectivity index (χ3v) is 2.64. The van der Waals surface area contributed by atoms with Crippen molar-refractivity contribution in [1.82, 2.24) is 15.2 Å². The molecule has 0 aliphatic heterocycles. The Kier molecular flexibility index (Phi) is 5.91. The zero-order valence-corrected chi connectivity index (χ0v) is 11.5. The van der Waals surface area contributed by atoms with Gasteiger partial charge in [-0.1, -0.05) is 12.6 Å². The van der Waals surface area contributed by atoms with Gasteiger partial charge in [-0.3, -0.25) is 4.98 Å². The molecule has 0 spiro atoms. The summed E-state index contributed by atoms with van der Waals surface area (Å²) in [5.41, 5.74) is 1.15. The molecule has 18 heavy (non-hydrogen) atoms. The van der Waals surface area contributed by atoms with E-state index in [-0.39, 0.29) is 0 Å². The van der Waals surface area contributed by atoms with E-state index < -0.39 is 0 Å². The Hall–Kier alpha value is -1.84. The number of rotatable bonds is 6. The number of amidine groups is 1. The van der Waals surface area contributed by atoms with E-state index in [2.05, 4.69) is 39.8 Å². The monoisotopic (exact) mass is 246 g/mol. The van der Waals surface area contributed by atoms with E-state index in [1.807, 2.05) is 26.2 Å². The quantitative estimate of drug-likeness (QED) is 0.617. The van der Waals surface area contributed by atoms with Gasteiger partial charge in [-0.25, -0.2) is 4.99 Å². The second-order valence-corrected chi connectivity index (χ2v) is 4.06. The lowest BCUT2D eigenvalue weighted by Gasteiger charge is -2.20. The molecule has 1 aromatic heterocycles. The van der Waals surface area contributed by atoms with Gasteiger partial charge >= 0.3 is 0 Å². The molecule has 0 fully saturated rings. The molecule has 1 heterocycles. The van der Waals surface area contributed by atoms with Gasteiger partial charge in [0.05, 0.1) is 0 Å². The molecule has 1 aromatic rings. The number of hydrogen-bond acceptors (Lipinski definition) is 3. The van der Waals surface area contributed by atoms with Crippen LogP contribution in [0, 0.1) is 0 Å². The maximum absolute atomic E-state index is 4.54. The van der Waals surface area contributed by atoms with Gasteiger partial charge < -0.3 is 10.2 Å². The molecule has 4 nitrogen and oxygen atoms in total. The Morgan fingerprint density at radius 2 is 2.28 bits per heavy atom. The number of nitrogens with one attached hydrogen (secondary N) is 1. The van der Waals surface area contributed by atoms with Crippen molar-refractivity contribution in [3.63, 3.8) is 0 Å². The molecule has 0 bridgehead atoms. The summed E-state index contributed by atoms with van der Waals surface area (Å²) in [7, 11) is 2.04. The van der Waals surface area contributed by atoms with Gasteiger partial charge in [0.1, 0.15) is 11.7 Å². The SMILES string of the molecule is C=C(/N=C(/Cc1cccnc1)N(C)CC)NCC. The molecule has 0 aliphatic carbocycles. The molecule has 0 saturated heterocycles. The van der Waals surface area contributed by atoms with Crippen LogP contribution in [0.1, 0.15) is 19.4 Å². The first-order valence-electron chi connectivity index (χ1n) is 6.27. The summed E-state index contributed by atoms with van der Waals surface area (Å²) in [6.07, 6.45) is 4.42. The molecule has 0 saturated carbocycles. The first-order valence-corrected chi connectivity index (χ1v) is 6.27. The highest BCUT2D eigenvalue weighted by molar-refractivity contribution is 5.85. The van der Waals surface area contributed by atoms with Crippen LogP contribution in [0.25, 0.3) is 0 Å². The number of nitrogens with zero attached hydrogens (tertiary/aromatic N) is 3. The molecule has 1 rings (SSSR count). The molecule has 98 valence electrons. The van der Waals surface area contributed by atoms with Gasteiger partial charge in [0.15, 0.2) is 0 Å². The van der Waals surface area contributed by atoms with Gasteiger partial charge in [-0.15, -0.1) is 0 Å². The predicted molar refractivity (Wildman–Crippen MR) is 76.5 cm³/mol. The smallest absolute Gasteiger partial charge is 0.120 e. The zero-order valence-electron chi connectivity index (χ0n) is 11.5. The first kappa shape index (κ1) is 14.2. The number of hydrogen-bond donors (Lipinski definition) is 1. The van der Waals surface area contributed by atoms with Crippen LogP contribution < -0.4 is 5.32 Å². The molecule has 0 unspecified atom stereocenters. The molecular weight excluding hydrogens is 224 g/mol. The number of aliphatic imine (C=N–C) groups is 1. The normalized spacial score (nSPS) is 11.2. The van der Waals surface area contributed by atoms with Crippen molar-refractivity contribution in [2.45, 2.75) is 20.3 Å². The van der Waals surface area contributed by atoms with E-state index in [0.29, 0.717) is 5.82 Å². The lowest BCUT2D eigenvalue weighted by atomic mass is 10.2. The highest BCUT2D eigenvalue weighted by Crippen LogP contribution is 2.03. The van der Waals surface area contributed by atoms with Crippen molar-refractivity contribution in [3.05, 3.63) is 42.5 Å². The fourth-order valence-electron chi connectivity index (χ4n) is 1.53. The van der Waals surface area contributed by atoms with Crippen LogP contribution in [0.5, 0.6) is 0 Å². The maximum atomic E-state index is 4.54. The van der Waals surface area contributed by atoms with E-state index in [0.717, 1.165) is 30.9 Å². The molecule has 4 heteroatoms. The van der Waals surface area contributed by atoms with Crippen LogP contribution in [-0.4, -0.2) is 35.9 Å². The molecule has 0 atom stereocenters. The van der Waals surface area contributed by atoms with E-state index in [9.17, 15) is 0 Å². The standard InChI is InChI=1S/C14H22N4/c1-5-16-12(3)17-14(18(4)6-2)10-13-8-7-9-15-11-13/h7-9,11,16H,3,5-6,10H2,1-2,4H3/b17-14-. The van der Waals surface area contributed by atoms with Crippen molar-refractivity contribution in [2.24, 2.45) is 4.99 Å². The van der Waals surface area contributed by atoms with E-state index in [4.69, 9.17) is 0 Å². The maximum Gasteiger partial charge on any atom is 0.120 e. The Labute approximate surface area is 109 Å². The van der Waals surface area contributed by atoms with Gasteiger partial charge in [0.2, 0.25) is 0 Å². The van der Waals surface area contributed by atoms with Crippen LogP contribution in [0.4, 0.5) is 0 Å². The highest BCUT2D eigenvalue weighted by Gasteiger charge is 2.06. The minimum atomic E-state index is 0.705. The lowest BCUT2D eigenvalue weighted by molar-refractivity contribution is 0.524. The zero-order chi connectivity index (χ0) is 13.4. The topological polar surface area (TPSA) is 40.5 Å². The summed E-state index contributed by atoms with van der Waals surface area (Å²) in [6.45, 7) is 9.79. The van der Waals surface area contributed by atoms with Gasteiger partial charge in [0.25, 0.3) is 0 Å². The van der Waals surface area contributed by atoms with Crippen molar-refractivity contribution in [1.29, 1.82) is 0 Å². The Balaban J connectivity index is 2.82. The highest BCUT2D eigenvalue weighted by atomic mass is 15.2. The predicted octanol–water partition coefficient (Wildman–Crippen LogP) is 2.06. The average molecular weight is 246 g/mol. The number of aromatic nitrogens is 1. The number of likely N-dealkylation sites (N-methyl/N-ethyl adjacent to an activating group) is 1. The Morgan fingerprint density at radius 3 is 2.83 bits per heavy atom. The number of pyridine rings is 1. The molecule has 0 radical (unpaired) electrons. The minimum absolute atomic E-state index is 0.705. The molecule has 0 aromatic carbocycles. The second-order valence-electron chi connectivity index (χ2n) is 4.06. The average Bonchev–Trinajstić information content (AvgIpc) is 2.38. The Bertz CT molecular complexity index is 398. The lowest BCUT2D eigenvalue weighted by Crippen LogP contribution is -2.29. The van der Waals surface area contributed by atoms with Crippen molar-refractivity contribution in [3.8, 4) is 0 Å². The van der Waals surface area contributed by atoms with Crippen molar-refractivity contribution in [2.75, 3.05) is 20.1 Å². The molecule has 0 amide bonds. The molecule has 0 aliphatic rings. The fraction of sp³-hybridized carbons (Fsp3) is 0.429. The van der Waals surface area contributed by atoms with Crippen LogP contribution in [0.15, 0.2) is 41.9 Å². The van der Waals surface area contributed by atoms with E-state index in [1.165, 1.54) is 0 Å². The van der Waals surface area contributed by atoms with Gasteiger partial charge in [0, 0.05) is 39.0 Å². The van der Waals surface area contributed by atoms with Gasteiger partial charge in [-0.05, 0) is 25.5 Å². The summed E-state index contributed by atoms with van der Waals surface area (Å²) in [4.78, 5) is 10.8. The largest absolute Gasteiger partial charge is 0.371 e. The first-order chi connectivity index (χ1) is 8.67. The van der Waals surface area contributed by atoms with Crippen LogP contribution in [-0.2, 0) is 6.42 Å². The third kappa shape index (κ3) is 4.57. The second kappa shape index (κ2) is 7.48. The van der Waals surface area contributed by atoms with Crippen LogP contribution >= 0.6 is 0 Å². The fourth-order valence-corrected chi connectivity index (χ4v) is 1.53. The van der Waals surface area contributed by atoms with Crippen LogP contribution in [0.2, 0.25) is 0 Å². The summed E-state index contributed by atoms with van der Waals surface area (Å²) in [5, 5.41) is 3.12. The van der Waals surface area contributed by atoms with Crippen molar-refractivity contribution >= 4 is 5.84 Å². The summed E-state index contributed by atoms with van der Waals surface area (Å²) in [5.74, 6) is 1.70. The van der Waals surface area contributed by atoms with E-state index >= 15 is 0 Å². The minimum Gasteiger partial charge on any atom is -0.371 e. The summed E-state index contributed by atoms with van der Waals surface area (Å²) >= 11 is 0. The molecule has 1 N–H and O–H groups in total. The van der Waals surface area contributed by atoms with Gasteiger partial charge in [-0.2, -0.15) is 0 Å². The van der Waals surface area contributed by atoms with E-state index in [1.54, 1.807) is 6.20 Å². The van der Waals surface area contributed by atoms with Crippen molar-refractivity contribution < 1.29 is 0 Å².